The standard InChI is InChI=1S/C17H24BrN3O3/c1-2-23-15-8-12(10-20-19)14(18)9-16(15)24-11-17(22)21-13-6-4-3-5-7-13/h8-10,13H,2-7,11,19H2,1H3,(H,21,22). The van der Waals surface area contributed by atoms with Gasteiger partial charge in [-0.15, -0.1) is 0 Å². The zero-order valence-corrected chi connectivity index (χ0v) is 15.5. The first-order chi connectivity index (χ1) is 11.6. The summed E-state index contributed by atoms with van der Waals surface area (Å²) in [6.07, 6.45) is 7.23. The van der Waals surface area contributed by atoms with Gasteiger partial charge in [0.15, 0.2) is 18.1 Å². The molecule has 0 radical (unpaired) electrons. The highest BCUT2D eigenvalue weighted by Crippen LogP contribution is 2.33. The van der Waals surface area contributed by atoms with Crippen LogP contribution in [0, 0.1) is 0 Å². The first-order valence-corrected chi connectivity index (χ1v) is 9.05. The zero-order valence-electron chi connectivity index (χ0n) is 13.9. The summed E-state index contributed by atoms with van der Waals surface area (Å²) in [5.41, 5.74) is 0.778. The van der Waals surface area contributed by atoms with E-state index in [-0.39, 0.29) is 18.6 Å². The van der Waals surface area contributed by atoms with E-state index in [2.05, 4.69) is 26.3 Å². The maximum atomic E-state index is 12.1. The van der Waals surface area contributed by atoms with Gasteiger partial charge in [0, 0.05) is 16.1 Å². The molecule has 0 heterocycles. The molecule has 1 saturated carbocycles. The fourth-order valence-corrected chi connectivity index (χ4v) is 3.20. The lowest BCUT2D eigenvalue weighted by atomic mass is 9.95. The zero-order chi connectivity index (χ0) is 17.4. The highest BCUT2D eigenvalue weighted by Gasteiger charge is 2.17. The second-order valence-electron chi connectivity index (χ2n) is 5.72. The van der Waals surface area contributed by atoms with E-state index in [9.17, 15) is 4.79 Å². The molecule has 0 saturated heterocycles. The second kappa shape index (κ2) is 9.52. The largest absolute Gasteiger partial charge is 0.490 e. The Balaban J connectivity index is 1.99. The Bertz CT molecular complexity index is 587. The van der Waals surface area contributed by atoms with Crippen LogP contribution in [0.2, 0.25) is 0 Å². The summed E-state index contributed by atoms with van der Waals surface area (Å²) in [6, 6.07) is 3.81. The summed E-state index contributed by atoms with van der Waals surface area (Å²) in [5, 5.41) is 6.55. The van der Waals surface area contributed by atoms with Crippen molar-refractivity contribution in [3.8, 4) is 11.5 Å². The van der Waals surface area contributed by atoms with Crippen molar-refractivity contribution in [1.29, 1.82) is 0 Å². The molecule has 0 atom stereocenters. The Morgan fingerprint density at radius 2 is 2.04 bits per heavy atom. The molecule has 1 amide bonds. The van der Waals surface area contributed by atoms with Crippen LogP contribution in [0.15, 0.2) is 21.7 Å². The van der Waals surface area contributed by atoms with Gasteiger partial charge in [-0.05, 0) is 47.8 Å². The minimum absolute atomic E-state index is 0.0344. The molecular formula is C17H24BrN3O3. The first kappa shape index (κ1) is 18.6. The summed E-state index contributed by atoms with van der Waals surface area (Å²) in [5.74, 6) is 6.17. The molecule has 1 aromatic carbocycles. The molecule has 0 aliphatic heterocycles. The SMILES string of the molecule is CCOc1cc(C=NN)c(Br)cc1OCC(=O)NC1CCCCC1. The third kappa shape index (κ3) is 5.40. The average molecular weight is 398 g/mol. The third-order valence-electron chi connectivity index (χ3n) is 3.91. The average Bonchev–Trinajstić information content (AvgIpc) is 2.57. The van der Waals surface area contributed by atoms with Crippen molar-refractivity contribution in [2.45, 2.75) is 45.1 Å². The van der Waals surface area contributed by atoms with Crippen molar-refractivity contribution in [2.24, 2.45) is 10.9 Å². The Hall–Kier alpha value is -1.76. The van der Waals surface area contributed by atoms with Gasteiger partial charge in [-0.1, -0.05) is 19.3 Å². The van der Waals surface area contributed by atoms with E-state index in [1.807, 2.05) is 6.92 Å². The number of amides is 1. The Morgan fingerprint density at radius 1 is 1.33 bits per heavy atom. The number of nitrogens with zero attached hydrogens (tertiary/aromatic N) is 1. The fraction of sp³-hybridized carbons (Fsp3) is 0.529. The molecule has 1 aliphatic carbocycles. The molecule has 6 nitrogen and oxygen atoms in total. The molecule has 2 rings (SSSR count). The van der Waals surface area contributed by atoms with Gasteiger partial charge in [-0.2, -0.15) is 5.10 Å². The number of ether oxygens (including phenoxy) is 2. The van der Waals surface area contributed by atoms with Crippen LogP contribution < -0.4 is 20.6 Å². The van der Waals surface area contributed by atoms with Crippen LogP contribution in [0.4, 0.5) is 0 Å². The molecule has 132 valence electrons. The molecule has 24 heavy (non-hydrogen) atoms. The lowest BCUT2D eigenvalue weighted by molar-refractivity contribution is -0.124. The van der Waals surface area contributed by atoms with Gasteiger partial charge < -0.3 is 20.6 Å². The van der Waals surface area contributed by atoms with Crippen LogP contribution >= 0.6 is 15.9 Å². The van der Waals surface area contributed by atoms with Crippen molar-refractivity contribution in [2.75, 3.05) is 13.2 Å². The number of rotatable bonds is 7. The molecule has 0 spiro atoms. The van der Waals surface area contributed by atoms with Gasteiger partial charge in [-0.3, -0.25) is 4.79 Å². The molecule has 0 aromatic heterocycles. The molecule has 0 bridgehead atoms. The number of nitrogens with one attached hydrogen (secondary N) is 1. The molecule has 7 heteroatoms. The molecule has 1 aromatic rings. The number of hydrogen-bond acceptors (Lipinski definition) is 5. The van der Waals surface area contributed by atoms with Gasteiger partial charge in [0.25, 0.3) is 5.91 Å². The highest BCUT2D eigenvalue weighted by molar-refractivity contribution is 9.10. The van der Waals surface area contributed by atoms with E-state index in [4.69, 9.17) is 15.3 Å². The van der Waals surface area contributed by atoms with Crippen LogP contribution in [-0.4, -0.2) is 31.4 Å². The molecule has 1 fully saturated rings. The van der Waals surface area contributed by atoms with Gasteiger partial charge in [0.2, 0.25) is 0 Å². The number of benzene rings is 1. The first-order valence-electron chi connectivity index (χ1n) is 8.25. The van der Waals surface area contributed by atoms with Crippen LogP contribution in [-0.2, 0) is 4.79 Å². The molecule has 0 unspecified atom stereocenters. The van der Waals surface area contributed by atoms with Crippen molar-refractivity contribution in [3.63, 3.8) is 0 Å². The van der Waals surface area contributed by atoms with Crippen LogP contribution in [0.25, 0.3) is 0 Å². The van der Waals surface area contributed by atoms with E-state index in [1.54, 1.807) is 12.1 Å². The quantitative estimate of drug-likeness (QED) is 0.420. The highest BCUT2D eigenvalue weighted by atomic mass is 79.9. The molecule has 3 N–H and O–H groups in total. The van der Waals surface area contributed by atoms with Gasteiger partial charge in [0.1, 0.15) is 0 Å². The van der Waals surface area contributed by atoms with E-state index in [1.165, 1.54) is 25.5 Å². The van der Waals surface area contributed by atoms with E-state index in [0.29, 0.717) is 18.1 Å². The second-order valence-corrected chi connectivity index (χ2v) is 6.58. The lowest BCUT2D eigenvalue weighted by Gasteiger charge is -2.22. The summed E-state index contributed by atoms with van der Waals surface area (Å²) >= 11 is 3.44. The summed E-state index contributed by atoms with van der Waals surface area (Å²) in [7, 11) is 0. The number of hydrogen-bond donors (Lipinski definition) is 2. The van der Waals surface area contributed by atoms with Gasteiger partial charge in [0.05, 0.1) is 12.8 Å². The topological polar surface area (TPSA) is 85.9 Å². The number of hydrazone groups is 1. The summed E-state index contributed by atoms with van der Waals surface area (Å²) in [4.78, 5) is 12.1. The minimum Gasteiger partial charge on any atom is -0.490 e. The van der Waals surface area contributed by atoms with E-state index in [0.717, 1.165) is 22.9 Å². The Kier molecular flexibility index (Phi) is 7.36. The minimum atomic E-state index is -0.104. The predicted octanol–water partition coefficient (Wildman–Crippen LogP) is 2.97. The number of halogens is 1. The van der Waals surface area contributed by atoms with Crippen molar-refractivity contribution in [3.05, 3.63) is 22.2 Å². The Labute approximate surface area is 150 Å². The fourth-order valence-electron chi connectivity index (χ4n) is 2.77. The van der Waals surface area contributed by atoms with E-state index < -0.39 is 0 Å². The number of carbonyl (C=O) groups is 1. The monoisotopic (exact) mass is 397 g/mol. The normalized spacial score (nSPS) is 15.4. The van der Waals surface area contributed by atoms with E-state index >= 15 is 0 Å². The maximum absolute atomic E-state index is 12.1. The van der Waals surface area contributed by atoms with Gasteiger partial charge >= 0.3 is 0 Å². The molecular weight excluding hydrogens is 374 g/mol. The van der Waals surface area contributed by atoms with Crippen molar-refractivity contribution in [1.82, 2.24) is 5.32 Å². The van der Waals surface area contributed by atoms with Crippen molar-refractivity contribution >= 4 is 28.1 Å². The van der Waals surface area contributed by atoms with Crippen molar-refractivity contribution < 1.29 is 14.3 Å². The Morgan fingerprint density at radius 3 is 2.71 bits per heavy atom. The van der Waals surface area contributed by atoms with Crippen LogP contribution in [0.3, 0.4) is 0 Å². The lowest BCUT2D eigenvalue weighted by Crippen LogP contribution is -2.39. The number of carbonyl (C=O) groups excluding carboxylic acids is 1. The van der Waals surface area contributed by atoms with Crippen LogP contribution in [0.1, 0.15) is 44.6 Å². The smallest absolute Gasteiger partial charge is 0.258 e. The summed E-state index contributed by atoms with van der Waals surface area (Å²) in [6.45, 7) is 2.34. The van der Waals surface area contributed by atoms with Gasteiger partial charge in [-0.25, -0.2) is 0 Å². The van der Waals surface area contributed by atoms with Crippen LogP contribution in [0.5, 0.6) is 11.5 Å². The number of nitrogens with two attached hydrogens (primary N) is 1. The summed E-state index contributed by atoms with van der Waals surface area (Å²) < 4.78 is 12.0. The third-order valence-corrected chi connectivity index (χ3v) is 4.59. The molecule has 1 aliphatic rings. The predicted molar refractivity (Wildman–Crippen MR) is 97.6 cm³/mol. The maximum Gasteiger partial charge on any atom is 0.258 e.